The molecule has 142 valence electrons. The van der Waals surface area contributed by atoms with E-state index in [-0.39, 0.29) is 30.4 Å². The van der Waals surface area contributed by atoms with E-state index in [2.05, 4.69) is 10.6 Å². The van der Waals surface area contributed by atoms with Gasteiger partial charge in [0.25, 0.3) is 0 Å². The van der Waals surface area contributed by atoms with E-state index in [1.807, 2.05) is 0 Å². The van der Waals surface area contributed by atoms with Gasteiger partial charge >= 0.3 is 6.09 Å². The zero-order valence-electron chi connectivity index (χ0n) is 15.1. The van der Waals surface area contributed by atoms with E-state index in [1.165, 1.54) is 0 Å². The molecule has 1 fully saturated rings. The van der Waals surface area contributed by atoms with Crippen molar-refractivity contribution in [2.75, 3.05) is 32.1 Å². The molecule has 1 aromatic carbocycles. The van der Waals surface area contributed by atoms with E-state index >= 15 is 0 Å². The number of likely N-dealkylation sites (tertiary alicyclic amines) is 1. The number of rotatable bonds is 6. The summed E-state index contributed by atoms with van der Waals surface area (Å²) >= 11 is 0. The van der Waals surface area contributed by atoms with Crippen molar-refractivity contribution in [1.82, 2.24) is 10.2 Å². The normalized spacial score (nSPS) is 14.5. The minimum Gasteiger partial charge on any atom is -0.497 e. The maximum absolute atomic E-state index is 12.0. The molecule has 0 aliphatic carbocycles. The zero-order valence-corrected chi connectivity index (χ0v) is 15.1. The first-order valence-corrected chi connectivity index (χ1v) is 8.66. The highest BCUT2D eigenvalue weighted by Gasteiger charge is 2.25. The third-order valence-electron chi connectivity index (χ3n) is 4.08. The molecule has 1 aliphatic rings. The number of carbonyl (C=O) groups excluding carboxylic acids is 3. The third kappa shape index (κ3) is 5.94. The molecular weight excluding hydrogens is 338 g/mol. The fourth-order valence-corrected chi connectivity index (χ4v) is 2.73. The van der Waals surface area contributed by atoms with Crippen molar-refractivity contribution in [3.63, 3.8) is 0 Å². The summed E-state index contributed by atoms with van der Waals surface area (Å²) in [4.78, 5) is 37.3. The number of piperidine rings is 1. The Bertz CT molecular complexity index is 624. The third-order valence-corrected chi connectivity index (χ3v) is 4.08. The maximum atomic E-state index is 12.0. The van der Waals surface area contributed by atoms with Gasteiger partial charge in [0.05, 0.1) is 13.7 Å². The van der Waals surface area contributed by atoms with Gasteiger partial charge in [-0.2, -0.15) is 0 Å². The van der Waals surface area contributed by atoms with Crippen LogP contribution in [-0.4, -0.2) is 55.7 Å². The van der Waals surface area contributed by atoms with Crippen LogP contribution in [0.5, 0.6) is 5.75 Å². The van der Waals surface area contributed by atoms with Gasteiger partial charge in [-0.1, -0.05) is 0 Å². The van der Waals surface area contributed by atoms with E-state index in [9.17, 15) is 14.4 Å². The summed E-state index contributed by atoms with van der Waals surface area (Å²) in [6, 6.07) is 6.83. The van der Waals surface area contributed by atoms with Gasteiger partial charge in [-0.3, -0.25) is 9.59 Å². The minimum atomic E-state index is -0.378. The van der Waals surface area contributed by atoms with Gasteiger partial charge in [-0.15, -0.1) is 0 Å². The zero-order chi connectivity index (χ0) is 18.9. The summed E-state index contributed by atoms with van der Waals surface area (Å²) in [5.74, 6) is -0.0166. The van der Waals surface area contributed by atoms with E-state index in [4.69, 9.17) is 9.47 Å². The number of methoxy groups -OCH3 is 1. The van der Waals surface area contributed by atoms with Gasteiger partial charge in [0, 0.05) is 24.8 Å². The lowest BCUT2D eigenvalue weighted by atomic mass is 10.1. The number of nitrogens with one attached hydrogen (secondary N) is 2. The lowest BCUT2D eigenvalue weighted by Crippen LogP contribution is -2.47. The van der Waals surface area contributed by atoms with Crippen LogP contribution < -0.4 is 15.4 Å². The van der Waals surface area contributed by atoms with Crippen LogP contribution >= 0.6 is 0 Å². The SMILES string of the molecule is CCOC(=O)N1CCC(NC(=O)CC(=O)Nc2ccc(OC)cc2)CC1. The topological polar surface area (TPSA) is 97.0 Å². The molecule has 1 heterocycles. The van der Waals surface area contributed by atoms with Crippen molar-refractivity contribution in [3.05, 3.63) is 24.3 Å². The molecule has 26 heavy (non-hydrogen) atoms. The van der Waals surface area contributed by atoms with Crippen LogP contribution in [0, 0.1) is 0 Å². The molecule has 8 heteroatoms. The Hall–Kier alpha value is -2.77. The molecule has 0 spiro atoms. The molecule has 8 nitrogen and oxygen atoms in total. The maximum Gasteiger partial charge on any atom is 0.409 e. The first kappa shape index (κ1) is 19.6. The number of benzene rings is 1. The largest absolute Gasteiger partial charge is 0.497 e. The highest BCUT2D eigenvalue weighted by molar-refractivity contribution is 6.03. The fraction of sp³-hybridized carbons (Fsp3) is 0.500. The highest BCUT2D eigenvalue weighted by Crippen LogP contribution is 2.15. The van der Waals surface area contributed by atoms with E-state index in [1.54, 1.807) is 43.2 Å². The second-order valence-electron chi connectivity index (χ2n) is 5.98. The quantitative estimate of drug-likeness (QED) is 0.751. The Morgan fingerprint density at radius 2 is 1.77 bits per heavy atom. The Morgan fingerprint density at radius 1 is 1.12 bits per heavy atom. The molecule has 2 rings (SSSR count). The first-order valence-electron chi connectivity index (χ1n) is 8.66. The molecule has 1 aromatic rings. The fourth-order valence-electron chi connectivity index (χ4n) is 2.73. The molecule has 0 bridgehead atoms. The molecule has 1 aliphatic heterocycles. The monoisotopic (exact) mass is 363 g/mol. The van der Waals surface area contributed by atoms with Crippen molar-refractivity contribution in [2.24, 2.45) is 0 Å². The number of carbonyl (C=O) groups is 3. The van der Waals surface area contributed by atoms with Crippen LogP contribution in [0.15, 0.2) is 24.3 Å². The second kappa shape index (κ2) is 9.65. The Labute approximate surface area is 152 Å². The summed E-state index contributed by atoms with van der Waals surface area (Å²) in [7, 11) is 1.56. The van der Waals surface area contributed by atoms with Crippen molar-refractivity contribution in [3.8, 4) is 5.75 Å². The van der Waals surface area contributed by atoms with Gasteiger partial charge in [-0.25, -0.2) is 4.79 Å². The highest BCUT2D eigenvalue weighted by atomic mass is 16.6. The lowest BCUT2D eigenvalue weighted by molar-refractivity contribution is -0.127. The van der Waals surface area contributed by atoms with Crippen molar-refractivity contribution < 1.29 is 23.9 Å². The van der Waals surface area contributed by atoms with Crippen LogP contribution in [0.1, 0.15) is 26.2 Å². The van der Waals surface area contributed by atoms with Gasteiger partial charge in [0.1, 0.15) is 12.2 Å². The van der Waals surface area contributed by atoms with Gasteiger partial charge in [0.2, 0.25) is 11.8 Å². The molecular formula is C18H25N3O5. The summed E-state index contributed by atoms with van der Waals surface area (Å²) < 4.78 is 10.0. The van der Waals surface area contributed by atoms with Crippen molar-refractivity contribution >= 4 is 23.6 Å². The number of anilines is 1. The number of ether oxygens (including phenoxy) is 2. The standard InChI is InChI=1S/C18H25N3O5/c1-3-26-18(24)21-10-8-14(9-11-21)20-17(23)12-16(22)19-13-4-6-15(25-2)7-5-13/h4-7,14H,3,8-12H2,1-2H3,(H,19,22)(H,20,23). The summed E-state index contributed by atoms with van der Waals surface area (Å²) in [5, 5.41) is 5.52. The number of nitrogens with zero attached hydrogens (tertiary/aromatic N) is 1. The van der Waals surface area contributed by atoms with Crippen LogP contribution in [0.2, 0.25) is 0 Å². The Morgan fingerprint density at radius 3 is 2.35 bits per heavy atom. The lowest BCUT2D eigenvalue weighted by Gasteiger charge is -2.31. The van der Waals surface area contributed by atoms with Crippen LogP contribution in [-0.2, 0) is 14.3 Å². The number of amides is 3. The number of hydrogen-bond acceptors (Lipinski definition) is 5. The van der Waals surface area contributed by atoms with Crippen LogP contribution in [0.3, 0.4) is 0 Å². The molecule has 0 aromatic heterocycles. The van der Waals surface area contributed by atoms with Crippen LogP contribution in [0.25, 0.3) is 0 Å². The average Bonchev–Trinajstić information content (AvgIpc) is 2.63. The molecule has 0 unspecified atom stereocenters. The first-order chi connectivity index (χ1) is 12.5. The van der Waals surface area contributed by atoms with E-state index in [0.717, 1.165) is 0 Å². The number of hydrogen-bond donors (Lipinski definition) is 2. The average molecular weight is 363 g/mol. The van der Waals surface area contributed by atoms with E-state index < -0.39 is 0 Å². The Balaban J connectivity index is 1.71. The molecule has 3 amide bonds. The predicted octanol–water partition coefficient (Wildman–Crippen LogP) is 1.76. The second-order valence-corrected chi connectivity index (χ2v) is 5.98. The summed E-state index contributed by atoms with van der Waals surface area (Å²) in [5.41, 5.74) is 0.603. The Kier molecular flexibility index (Phi) is 7.25. The van der Waals surface area contributed by atoms with E-state index in [0.29, 0.717) is 44.0 Å². The molecule has 0 atom stereocenters. The summed E-state index contributed by atoms with van der Waals surface area (Å²) in [6.07, 6.45) is 0.718. The van der Waals surface area contributed by atoms with Gasteiger partial charge in [-0.05, 0) is 44.0 Å². The molecule has 0 saturated carbocycles. The summed E-state index contributed by atoms with van der Waals surface area (Å²) in [6.45, 7) is 3.17. The minimum absolute atomic E-state index is 0.0398. The van der Waals surface area contributed by atoms with Gasteiger partial charge in [0.15, 0.2) is 0 Å². The molecule has 0 radical (unpaired) electrons. The van der Waals surface area contributed by atoms with Crippen LogP contribution in [0.4, 0.5) is 10.5 Å². The predicted molar refractivity (Wildman–Crippen MR) is 96.0 cm³/mol. The molecule has 1 saturated heterocycles. The van der Waals surface area contributed by atoms with Crippen molar-refractivity contribution in [2.45, 2.75) is 32.2 Å². The smallest absolute Gasteiger partial charge is 0.409 e. The van der Waals surface area contributed by atoms with Gasteiger partial charge < -0.3 is 25.0 Å². The van der Waals surface area contributed by atoms with Crippen molar-refractivity contribution in [1.29, 1.82) is 0 Å². The molecule has 2 N–H and O–H groups in total.